The summed E-state index contributed by atoms with van der Waals surface area (Å²) >= 11 is 0. The predicted molar refractivity (Wildman–Crippen MR) is 116 cm³/mol. The average molecular weight is 427 g/mol. The zero-order valence-electron chi connectivity index (χ0n) is 17.7. The van der Waals surface area contributed by atoms with Crippen molar-refractivity contribution in [3.8, 4) is 0 Å². The maximum Gasteiger partial charge on any atom is 0.295 e. The van der Waals surface area contributed by atoms with Gasteiger partial charge in [-0.15, -0.1) is 0 Å². The molecule has 0 spiro atoms. The highest BCUT2D eigenvalue weighted by atomic mass is 32.2. The van der Waals surface area contributed by atoms with E-state index in [4.69, 9.17) is 0 Å². The molecule has 8 aliphatic rings. The first-order valence-corrected chi connectivity index (χ1v) is 14.0. The van der Waals surface area contributed by atoms with Crippen LogP contribution in [0.15, 0.2) is 23.1 Å². The molecule has 1 aromatic rings. The highest BCUT2D eigenvalue weighted by Crippen LogP contribution is 2.63. The molecule has 8 saturated carbocycles. The topological polar surface area (TPSA) is 54.4 Å². The van der Waals surface area contributed by atoms with Crippen LogP contribution in [0.25, 0.3) is 0 Å². The largest absolute Gasteiger partial charge is 0.295 e. The Morgan fingerprint density at radius 2 is 0.933 bits per heavy atom. The van der Waals surface area contributed by atoms with Gasteiger partial charge in [0.05, 0.1) is 0 Å². The van der Waals surface area contributed by atoms with Crippen LogP contribution in [0.5, 0.6) is 0 Å². The Balaban J connectivity index is 1.35. The molecule has 162 valence electrons. The molecule has 3 nitrogen and oxygen atoms in total. The molecule has 0 heterocycles. The van der Waals surface area contributed by atoms with Crippen LogP contribution in [0.1, 0.15) is 87.2 Å². The lowest BCUT2D eigenvalue weighted by Crippen LogP contribution is -2.45. The highest BCUT2D eigenvalue weighted by Gasteiger charge is 2.52. The molecule has 8 fully saturated rings. The van der Waals surface area contributed by atoms with Crippen LogP contribution < -0.4 is 0 Å². The molecule has 0 atom stereocenters. The summed E-state index contributed by atoms with van der Waals surface area (Å²) in [6, 6.07) is 6.25. The van der Waals surface area contributed by atoms with E-state index in [2.05, 4.69) is 18.2 Å². The summed E-state index contributed by atoms with van der Waals surface area (Å²) in [6.45, 7) is 0. The van der Waals surface area contributed by atoms with Crippen LogP contribution in [-0.4, -0.2) is 13.0 Å². The van der Waals surface area contributed by atoms with E-state index in [1.54, 1.807) is 0 Å². The molecule has 0 aromatic heterocycles. The minimum Gasteiger partial charge on any atom is -0.282 e. The van der Waals surface area contributed by atoms with E-state index in [0.717, 1.165) is 34.8 Å². The second kappa shape index (κ2) is 6.34. The second-order valence-electron chi connectivity index (χ2n) is 12.2. The van der Waals surface area contributed by atoms with Gasteiger partial charge in [0.25, 0.3) is 10.1 Å². The number of hydrogen-bond acceptors (Lipinski definition) is 2. The van der Waals surface area contributed by atoms with Crippen molar-refractivity contribution < 1.29 is 13.0 Å². The van der Waals surface area contributed by atoms with Crippen molar-refractivity contribution in [2.45, 2.75) is 80.9 Å². The molecule has 1 aromatic carbocycles. The van der Waals surface area contributed by atoms with Crippen molar-refractivity contribution in [2.24, 2.45) is 47.3 Å². The van der Waals surface area contributed by atoms with Crippen LogP contribution in [-0.2, 0) is 10.1 Å². The van der Waals surface area contributed by atoms with E-state index in [-0.39, 0.29) is 0 Å². The molecule has 9 rings (SSSR count). The van der Waals surface area contributed by atoms with Gasteiger partial charge in [0, 0.05) is 0 Å². The molecule has 1 N–H and O–H groups in total. The second-order valence-corrected chi connectivity index (χ2v) is 13.5. The third kappa shape index (κ3) is 2.68. The minimum absolute atomic E-state index is 0.339. The van der Waals surface area contributed by atoms with Crippen molar-refractivity contribution in [3.63, 3.8) is 0 Å². The first-order valence-electron chi connectivity index (χ1n) is 12.5. The van der Waals surface area contributed by atoms with E-state index in [1.807, 2.05) is 0 Å². The van der Waals surface area contributed by atoms with Gasteiger partial charge in [-0.3, -0.25) is 4.55 Å². The minimum atomic E-state index is -4.23. The zero-order valence-corrected chi connectivity index (χ0v) is 18.6. The lowest BCUT2D eigenvalue weighted by atomic mass is 9.49. The molecule has 8 aliphatic carbocycles. The van der Waals surface area contributed by atoms with E-state index < -0.39 is 10.1 Å². The Labute approximate surface area is 180 Å². The molecule has 0 saturated heterocycles. The van der Waals surface area contributed by atoms with Crippen LogP contribution in [0, 0.1) is 47.3 Å². The average Bonchev–Trinajstić information content (AvgIpc) is 2.65. The Morgan fingerprint density at radius 1 is 0.600 bits per heavy atom. The molecule has 0 radical (unpaired) electrons. The molecule has 0 unspecified atom stereocenters. The van der Waals surface area contributed by atoms with Gasteiger partial charge < -0.3 is 0 Å². The number of benzene rings is 1. The van der Waals surface area contributed by atoms with Crippen LogP contribution in [0.3, 0.4) is 0 Å². The Hall–Kier alpha value is -0.870. The lowest BCUT2D eigenvalue weighted by Gasteiger charge is -2.56. The monoisotopic (exact) mass is 426 g/mol. The maximum absolute atomic E-state index is 12.9. The molecule has 4 heteroatoms. The normalized spacial score (nSPS) is 48.4. The van der Waals surface area contributed by atoms with E-state index in [1.165, 1.54) is 64.2 Å². The lowest BCUT2D eigenvalue weighted by molar-refractivity contribution is -0.00680. The third-order valence-corrected chi connectivity index (χ3v) is 11.5. The van der Waals surface area contributed by atoms with Crippen molar-refractivity contribution in [3.05, 3.63) is 29.3 Å². The van der Waals surface area contributed by atoms with Gasteiger partial charge in [-0.05, 0) is 135 Å². The summed E-state index contributed by atoms with van der Waals surface area (Å²) < 4.78 is 36.3. The number of rotatable bonds is 3. The van der Waals surface area contributed by atoms with Crippen LogP contribution in [0.4, 0.5) is 0 Å². The van der Waals surface area contributed by atoms with Gasteiger partial charge in [0.15, 0.2) is 0 Å². The van der Waals surface area contributed by atoms with Crippen molar-refractivity contribution in [2.75, 3.05) is 0 Å². The summed E-state index contributed by atoms with van der Waals surface area (Å²) in [5.41, 5.74) is 1.97. The molecule has 30 heavy (non-hydrogen) atoms. The van der Waals surface area contributed by atoms with Gasteiger partial charge in [-0.1, -0.05) is 18.2 Å². The third-order valence-electron chi connectivity index (χ3n) is 10.5. The SMILES string of the molecule is O=S(=O)(O)c1c(C2C3CC4CC(C3)CC2C4)cccc1C1C2CC3CC(C2)CC1C3. The van der Waals surface area contributed by atoms with Crippen LogP contribution >= 0.6 is 0 Å². The Kier molecular flexibility index (Phi) is 3.95. The van der Waals surface area contributed by atoms with Gasteiger partial charge in [-0.25, -0.2) is 0 Å². The van der Waals surface area contributed by atoms with E-state index in [0.29, 0.717) is 40.4 Å². The summed E-state index contributed by atoms with van der Waals surface area (Å²) in [6.07, 6.45) is 13.0. The fourth-order valence-electron chi connectivity index (χ4n) is 10.3. The van der Waals surface area contributed by atoms with Gasteiger partial charge in [-0.2, -0.15) is 8.42 Å². The summed E-state index contributed by atoms with van der Waals surface area (Å²) in [4.78, 5) is 0.347. The summed E-state index contributed by atoms with van der Waals surface area (Å²) in [5, 5.41) is 0. The molecular formula is C26H34O3S. The standard InChI is InChI=1S/C26H34O3S/c27-30(28,29)26-22(24-18-6-14-4-15(8-18)9-19(24)7-14)2-1-3-23(26)25-20-10-16-5-17(12-20)13-21(25)11-16/h1-3,14-21,24-25H,4-13H2,(H,27,28,29). The van der Waals surface area contributed by atoms with E-state index >= 15 is 0 Å². The maximum atomic E-state index is 12.9. The fraction of sp³-hybridized carbons (Fsp3) is 0.769. The summed E-state index contributed by atoms with van der Waals surface area (Å²) in [5.74, 6) is 6.63. The fourth-order valence-corrected chi connectivity index (χ4v) is 11.3. The Bertz CT molecular complexity index is 864. The van der Waals surface area contributed by atoms with Gasteiger partial charge in [0.2, 0.25) is 0 Å². The molecular weight excluding hydrogens is 392 g/mol. The van der Waals surface area contributed by atoms with Crippen LogP contribution in [0.2, 0.25) is 0 Å². The Morgan fingerprint density at radius 3 is 1.23 bits per heavy atom. The quantitative estimate of drug-likeness (QED) is 0.602. The predicted octanol–water partition coefficient (Wildman–Crippen LogP) is 6.01. The highest BCUT2D eigenvalue weighted by molar-refractivity contribution is 7.86. The smallest absolute Gasteiger partial charge is 0.282 e. The van der Waals surface area contributed by atoms with E-state index in [9.17, 15) is 13.0 Å². The van der Waals surface area contributed by atoms with Crippen molar-refractivity contribution in [1.29, 1.82) is 0 Å². The van der Waals surface area contributed by atoms with Gasteiger partial charge in [0.1, 0.15) is 4.90 Å². The van der Waals surface area contributed by atoms with Gasteiger partial charge >= 0.3 is 0 Å². The van der Waals surface area contributed by atoms with Crippen molar-refractivity contribution in [1.82, 2.24) is 0 Å². The molecule has 8 bridgehead atoms. The molecule has 0 amide bonds. The first kappa shape index (κ1) is 18.7. The molecule has 0 aliphatic heterocycles. The summed E-state index contributed by atoms with van der Waals surface area (Å²) in [7, 11) is -4.23. The first-order chi connectivity index (χ1) is 14.4. The number of hydrogen-bond donors (Lipinski definition) is 1. The zero-order chi connectivity index (χ0) is 20.2. The van der Waals surface area contributed by atoms with Crippen molar-refractivity contribution >= 4 is 10.1 Å².